The summed E-state index contributed by atoms with van der Waals surface area (Å²) in [4.78, 5) is 2.85. The maximum atomic E-state index is 8.65. The molecule has 1 aliphatic rings. The molecule has 1 fully saturated rings. The molecule has 0 aromatic heterocycles. The molecule has 0 aliphatic carbocycles. The summed E-state index contributed by atoms with van der Waals surface area (Å²) in [7, 11) is -0.505. The Morgan fingerprint density at radius 2 is 1.86 bits per heavy atom. The fraction of sp³-hybridized carbons (Fsp3) is 0.467. The van der Waals surface area contributed by atoms with Crippen LogP contribution in [0.25, 0.3) is 16.5 Å². The molecule has 2 N–H and O–H groups in total. The number of rotatable bonds is 4. The van der Waals surface area contributed by atoms with Crippen LogP contribution in [0.15, 0.2) is 34.9 Å². The second kappa shape index (κ2) is 6.14. The van der Waals surface area contributed by atoms with E-state index >= 15 is 0 Å². The quantitative estimate of drug-likeness (QED) is 0.398. The Bertz CT molecular complexity index is 620. The summed E-state index contributed by atoms with van der Waals surface area (Å²) in [6.07, 6.45) is 1.87. The van der Waals surface area contributed by atoms with E-state index in [2.05, 4.69) is 10.0 Å². The fourth-order valence-electron chi connectivity index (χ4n) is 2.17. The van der Waals surface area contributed by atoms with Gasteiger partial charge in [-0.15, -0.1) is 0 Å². The van der Waals surface area contributed by atoms with Crippen molar-refractivity contribution in [3.05, 3.63) is 45.7 Å². The van der Waals surface area contributed by atoms with Gasteiger partial charge in [-0.1, -0.05) is 35.5 Å². The van der Waals surface area contributed by atoms with Crippen LogP contribution in [0.2, 0.25) is 0 Å². The Morgan fingerprint density at radius 3 is 2.41 bits per heavy atom. The molecule has 0 atom stereocenters. The van der Waals surface area contributed by atoms with Crippen molar-refractivity contribution >= 4 is 18.9 Å². The summed E-state index contributed by atoms with van der Waals surface area (Å²) < 4.78 is 12.0. The van der Waals surface area contributed by atoms with Gasteiger partial charge in [0, 0.05) is 17.1 Å². The fourth-order valence-corrected chi connectivity index (χ4v) is 2.17. The highest BCUT2D eigenvalue weighted by molar-refractivity contribution is 6.56. The van der Waals surface area contributed by atoms with E-state index in [1.807, 2.05) is 52.0 Å². The van der Waals surface area contributed by atoms with Crippen molar-refractivity contribution in [2.24, 2.45) is 10.8 Å². The van der Waals surface area contributed by atoms with E-state index in [9.17, 15) is 0 Å². The molecule has 1 aromatic rings. The highest BCUT2D eigenvalue weighted by atomic mass is 16.7. The van der Waals surface area contributed by atoms with Gasteiger partial charge in [-0.25, -0.2) is 0 Å². The summed E-state index contributed by atoms with van der Waals surface area (Å²) in [5.41, 5.74) is 15.8. The molecule has 0 spiro atoms. The number of azide groups is 1. The minimum absolute atomic E-state index is 0.293. The molecule has 1 aliphatic heterocycles. The minimum atomic E-state index is -0.505. The Hall–Kier alpha value is -1.79. The first-order valence-corrected chi connectivity index (χ1v) is 7.21. The van der Waals surface area contributed by atoms with Gasteiger partial charge in [0.05, 0.1) is 11.2 Å². The predicted molar refractivity (Wildman–Crippen MR) is 88.4 cm³/mol. The molecular weight excluding hydrogens is 279 g/mol. The van der Waals surface area contributed by atoms with Crippen molar-refractivity contribution in [3.63, 3.8) is 0 Å². The molecule has 6 nitrogen and oxygen atoms in total. The largest absolute Gasteiger partial charge is 0.491 e. The monoisotopic (exact) mass is 300 g/mol. The SMILES string of the molecule is CC1(C)OB(C(=Cc2ccccc2N=[N+]=[N-])CN)OC1(C)C. The Morgan fingerprint density at radius 1 is 1.27 bits per heavy atom. The number of nitrogens with zero attached hydrogens (tertiary/aromatic N) is 3. The molecule has 0 saturated carbocycles. The Balaban J connectivity index is 2.36. The lowest BCUT2D eigenvalue weighted by molar-refractivity contribution is 0.00578. The zero-order valence-corrected chi connectivity index (χ0v) is 13.4. The van der Waals surface area contributed by atoms with Gasteiger partial charge in [-0.3, -0.25) is 0 Å². The maximum Gasteiger partial charge on any atom is 0.491 e. The van der Waals surface area contributed by atoms with Crippen LogP contribution in [0, 0.1) is 0 Å². The molecule has 0 radical (unpaired) electrons. The Kier molecular flexibility index (Phi) is 4.63. The van der Waals surface area contributed by atoms with Crippen molar-refractivity contribution in [1.82, 2.24) is 0 Å². The van der Waals surface area contributed by atoms with Crippen LogP contribution < -0.4 is 5.73 Å². The summed E-state index contributed by atoms with van der Waals surface area (Å²) in [5.74, 6) is 0. The van der Waals surface area contributed by atoms with E-state index in [1.165, 1.54) is 0 Å². The average Bonchev–Trinajstić information content (AvgIpc) is 2.66. The van der Waals surface area contributed by atoms with Gasteiger partial charge in [0.2, 0.25) is 0 Å². The summed E-state index contributed by atoms with van der Waals surface area (Å²) >= 11 is 0. The van der Waals surface area contributed by atoms with E-state index in [-0.39, 0.29) is 0 Å². The van der Waals surface area contributed by atoms with Crippen LogP contribution in [0.3, 0.4) is 0 Å². The van der Waals surface area contributed by atoms with Gasteiger partial charge in [0.15, 0.2) is 0 Å². The summed E-state index contributed by atoms with van der Waals surface area (Å²) in [6.45, 7) is 8.27. The van der Waals surface area contributed by atoms with Crippen molar-refractivity contribution in [3.8, 4) is 0 Å². The van der Waals surface area contributed by atoms with Gasteiger partial charge in [-0.2, -0.15) is 0 Å². The standard InChI is InChI=1S/C15H21BN4O2/c1-14(2)15(3,4)22-16(21-14)12(10-17)9-11-7-5-6-8-13(11)19-20-18/h5-9H,10,17H2,1-4H3. The maximum absolute atomic E-state index is 8.65. The molecule has 116 valence electrons. The number of hydrogen-bond donors (Lipinski definition) is 1. The third-order valence-electron chi connectivity index (χ3n) is 4.22. The van der Waals surface area contributed by atoms with Crippen LogP contribution >= 0.6 is 0 Å². The van der Waals surface area contributed by atoms with E-state index in [4.69, 9.17) is 20.6 Å². The zero-order valence-electron chi connectivity index (χ0n) is 13.4. The summed E-state index contributed by atoms with van der Waals surface area (Å²) in [5, 5.41) is 3.69. The van der Waals surface area contributed by atoms with Crippen molar-refractivity contribution in [2.45, 2.75) is 38.9 Å². The van der Waals surface area contributed by atoms with Gasteiger partial charge in [-0.05, 0) is 44.3 Å². The first-order chi connectivity index (χ1) is 10.3. The first-order valence-electron chi connectivity index (χ1n) is 7.21. The van der Waals surface area contributed by atoms with E-state index < -0.39 is 18.3 Å². The van der Waals surface area contributed by atoms with Crippen LogP contribution in [0.4, 0.5) is 5.69 Å². The highest BCUT2D eigenvalue weighted by Gasteiger charge is 2.52. The lowest BCUT2D eigenvalue weighted by Gasteiger charge is -2.32. The third-order valence-corrected chi connectivity index (χ3v) is 4.22. The Labute approximate surface area is 131 Å². The van der Waals surface area contributed by atoms with Crippen molar-refractivity contribution in [2.75, 3.05) is 6.54 Å². The third kappa shape index (κ3) is 3.18. The van der Waals surface area contributed by atoms with Crippen LogP contribution in [-0.4, -0.2) is 24.9 Å². The van der Waals surface area contributed by atoms with Crippen molar-refractivity contribution in [1.29, 1.82) is 0 Å². The molecule has 2 rings (SSSR count). The highest BCUT2D eigenvalue weighted by Crippen LogP contribution is 2.38. The number of benzene rings is 1. The normalized spacial score (nSPS) is 19.9. The number of hydrogen-bond acceptors (Lipinski definition) is 4. The summed E-state index contributed by atoms with van der Waals surface area (Å²) in [6, 6.07) is 7.31. The lowest BCUT2D eigenvalue weighted by Crippen LogP contribution is -2.41. The predicted octanol–water partition coefficient (Wildman–Crippen LogP) is 3.60. The van der Waals surface area contributed by atoms with Gasteiger partial charge in [0.1, 0.15) is 0 Å². The molecule has 22 heavy (non-hydrogen) atoms. The molecule has 0 amide bonds. The van der Waals surface area contributed by atoms with Gasteiger partial charge in [0.25, 0.3) is 0 Å². The van der Waals surface area contributed by atoms with Gasteiger partial charge >= 0.3 is 7.12 Å². The smallest absolute Gasteiger partial charge is 0.400 e. The van der Waals surface area contributed by atoms with Crippen LogP contribution in [-0.2, 0) is 9.31 Å². The second-order valence-corrected chi connectivity index (χ2v) is 6.26. The number of nitrogens with two attached hydrogens (primary N) is 1. The molecule has 1 saturated heterocycles. The molecule has 7 heteroatoms. The second-order valence-electron chi connectivity index (χ2n) is 6.26. The zero-order chi connectivity index (χ0) is 16.4. The van der Waals surface area contributed by atoms with Crippen LogP contribution in [0.5, 0.6) is 0 Å². The molecule has 1 aromatic carbocycles. The molecule has 1 heterocycles. The van der Waals surface area contributed by atoms with E-state index in [0.717, 1.165) is 11.0 Å². The topological polar surface area (TPSA) is 93.2 Å². The average molecular weight is 300 g/mol. The van der Waals surface area contributed by atoms with Crippen LogP contribution in [0.1, 0.15) is 33.3 Å². The van der Waals surface area contributed by atoms with Gasteiger partial charge < -0.3 is 15.0 Å². The molecule has 0 bridgehead atoms. The van der Waals surface area contributed by atoms with Crippen molar-refractivity contribution < 1.29 is 9.31 Å². The lowest BCUT2D eigenvalue weighted by atomic mass is 9.77. The first kappa shape index (κ1) is 16.6. The van der Waals surface area contributed by atoms with E-state index in [0.29, 0.717) is 12.2 Å². The van der Waals surface area contributed by atoms with E-state index in [1.54, 1.807) is 6.07 Å². The molecule has 0 unspecified atom stereocenters. The molecular formula is C15H21BN4O2. The minimum Gasteiger partial charge on any atom is -0.400 e.